The molecule has 8 nitrogen and oxygen atoms in total. The zero-order chi connectivity index (χ0) is 20.1. The van der Waals surface area contributed by atoms with E-state index >= 15 is 0 Å². The Hall–Kier alpha value is -4.33. The number of hydrogen-bond donors (Lipinski definition) is 2. The smallest absolute Gasteiger partial charge is 0.138 e. The molecule has 0 saturated heterocycles. The molecule has 8 heteroatoms. The zero-order valence-corrected chi connectivity index (χ0v) is 16.0. The van der Waals surface area contributed by atoms with E-state index in [0.29, 0.717) is 0 Å². The Morgan fingerprint density at radius 3 is 2.63 bits per heavy atom. The second kappa shape index (κ2) is 6.35. The quantitative estimate of drug-likeness (QED) is 0.475. The van der Waals surface area contributed by atoms with Gasteiger partial charge >= 0.3 is 0 Å². The molecule has 0 saturated carbocycles. The van der Waals surface area contributed by atoms with Crippen molar-refractivity contribution in [1.82, 2.24) is 39.9 Å². The summed E-state index contributed by atoms with van der Waals surface area (Å²) in [7, 11) is 1.89. The van der Waals surface area contributed by atoms with Gasteiger partial charge in [-0.3, -0.25) is 19.7 Å². The van der Waals surface area contributed by atoms with Gasteiger partial charge in [0, 0.05) is 48.2 Å². The van der Waals surface area contributed by atoms with Gasteiger partial charge in [0.15, 0.2) is 0 Å². The molecule has 30 heavy (non-hydrogen) atoms. The van der Waals surface area contributed by atoms with Crippen LogP contribution in [0.2, 0.25) is 0 Å². The lowest BCUT2D eigenvalue weighted by Crippen LogP contribution is -1.85. The zero-order valence-electron chi connectivity index (χ0n) is 16.0. The summed E-state index contributed by atoms with van der Waals surface area (Å²) in [5.41, 5.74) is 7.43. The fourth-order valence-electron chi connectivity index (χ4n) is 3.77. The molecule has 2 N–H and O–H groups in total. The van der Waals surface area contributed by atoms with Crippen LogP contribution in [-0.2, 0) is 7.05 Å². The standard InChI is InChI=1S/C22H16N8/c1-30-12-14(10-26-30)18-9-17-20(11-25-18)28-29-21(17)19-8-16-15(4-7-24-22(16)27-19)13-2-5-23-6-3-13/h2-12H,1H3,(H,24,27)(H,28,29). The average molecular weight is 392 g/mol. The van der Waals surface area contributed by atoms with Crippen molar-refractivity contribution in [1.29, 1.82) is 0 Å². The van der Waals surface area contributed by atoms with Crippen LogP contribution in [0.1, 0.15) is 0 Å². The summed E-state index contributed by atoms with van der Waals surface area (Å²) in [4.78, 5) is 16.6. The maximum absolute atomic E-state index is 4.55. The van der Waals surface area contributed by atoms with Crippen LogP contribution >= 0.6 is 0 Å². The van der Waals surface area contributed by atoms with Crippen LogP contribution in [0, 0.1) is 0 Å². The van der Waals surface area contributed by atoms with Crippen molar-refractivity contribution in [3.63, 3.8) is 0 Å². The molecule has 6 aromatic rings. The van der Waals surface area contributed by atoms with Gasteiger partial charge in [-0.15, -0.1) is 0 Å². The monoisotopic (exact) mass is 392 g/mol. The third kappa shape index (κ3) is 2.58. The van der Waals surface area contributed by atoms with E-state index in [-0.39, 0.29) is 0 Å². The first-order valence-electron chi connectivity index (χ1n) is 9.48. The molecule has 144 valence electrons. The van der Waals surface area contributed by atoms with E-state index in [9.17, 15) is 0 Å². The molecule has 0 radical (unpaired) electrons. The van der Waals surface area contributed by atoms with Crippen molar-refractivity contribution >= 4 is 21.9 Å². The largest absolute Gasteiger partial charge is 0.338 e. The molecule has 6 heterocycles. The fraction of sp³-hybridized carbons (Fsp3) is 0.0455. The third-order valence-electron chi connectivity index (χ3n) is 5.23. The van der Waals surface area contributed by atoms with Crippen molar-refractivity contribution in [2.75, 3.05) is 0 Å². The summed E-state index contributed by atoms with van der Waals surface area (Å²) < 4.78 is 1.77. The maximum atomic E-state index is 4.55. The predicted molar refractivity (Wildman–Crippen MR) is 114 cm³/mol. The van der Waals surface area contributed by atoms with Gasteiger partial charge < -0.3 is 4.98 Å². The highest BCUT2D eigenvalue weighted by Gasteiger charge is 2.15. The van der Waals surface area contributed by atoms with Gasteiger partial charge in [0.2, 0.25) is 0 Å². The van der Waals surface area contributed by atoms with Gasteiger partial charge in [-0.25, -0.2) is 4.98 Å². The Morgan fingerprint density at radius 1 is 0.900 bits per heavy atom. The number of pyridine rings is 3. The lowest BCUT2D eigenvalue weighted by molar-refractivity contribution is 0.768. The van der Waals surface area contributed by atoms with Gasteiger partial charge in [0.25, 0.3) is 0 Å². The molecular formula is C22H16N8. The number of aromatic amines is 2. The Balaban J connectivity index is 1.52. The number of fused-ring (bicyclic) bond motifs is 2. The topological polar surface area (TPSA) is 101 Å². The second-order valence-corrected chi connectivity index (χ2v) is 7.13. The van der Waals surface area contributed by atoms with E-state index < -0.39 is 0 Å². The number of nitrogens with one attached hydrogen (secondary N) is 2. The summed E-state index contributed by atoms with van der Waals surface area (Å²) in [6, 6.07) is 10.1. The first kappa shape index (κ1) is 16.6. The Bertz CT molecular complexity index is 1510. The SMILES string of the molecule is Cn1cc(-c2cc3c(-c4cc5c(-c6ccncc6)ccnc5[nH]4)n[nH]c3cn2)cn1. The Morgan fingerprint density at radius 2 is 1.80 bits per heavy atom. The molecule has 0 bridgehead atoms. The molecule has 0 aliphatic heterocycles. The Kier molecular flexibility index (Phi) is 3.51. The summed E-state index contributed by atoms with van der Waals surface area (Å²) in [6.07, 6.45) is 11.0. The second-order valence-electron chi connectivity index (χ2n) is 7.13. The van der Waals surface area contributed by atoms with Crippen LogP contribution in [0.3, 0.4) is 0 Å². The highest BCUT2D eigenvalue weighted by molar-refractivity contribution is 6.00. The van der Waals surface area contributed by atoms with Crippen LogP contribution in [0.15, 0.2) is 67.5 Å². The molecule has 0 aromatic carbocycles. The van der Waals surface area contributed by atoms with Crippen LogP contribution in [0.4, 0.5) is 0 Å². The van der Waals surface area contributed by atoms with Crippen molar-refractivity contribution in [2.45, 2.75) is 0 Å². The first-order valence-corrected chi connectivity index (χ1v) is 9.48. The summed E-state index contributed by atoms with van der Waals surface area (Å²) in [6.45, 7) is 0. The molecule has 0 aliphatic rings. The highest BCUT2D eigenvalue weighted by atomic mass is 15.2. The van der Waals surface area contributed by atoms with Gasteiger partial charge in [0.05, 0.1) is 29.3 Å². The Labute approximate surface area is 170 Å². The number of rotatable bonds is 3. The maximum Gasteiger partial charge on any atom is 0.138 e. The number of H-pyrrole nitrogens is 2. The minimum Gasteiger partial charge on any atom is -0.338 e. The molecule has 0 amide bonds. The average Bonchev–Trinajstić information content (AvgIpc) is 3.50. The van der Waals surface area contributed by atoms with E-state index in [4.69, 9.17) is 0 Å². The molecule has 6 aromatic heterocycles. The fourth-order valence-corrected chi connectivity index (χ4v) is 3.77. The number of hydrogen-bond acceptors (Lipinski definition) is 5. The van der Waals surface area contributed by atoms with Crippen molar-refractivity contribution in [3.8, 4) is 33.8 Å². The van der Waals surface area contributed by atoms with E-state index in [2.05, 4.69) is 41.3 Å². The summed E-state index contributed by atoms with van der Waals surface area (Å²) in [5.74, 6) is 0. The normalized spacial score (nSPS) is 11.5. The highest BCUT2D eigenvalue weighted by Crippen LogP contribution is 2.33. The lowest BCUT2D eigenvalue weighted by Gasteiger charge is -2.01. The summed E-state index contributed by atoms with van der Waals surface area (Å²) in [5, 5.41) is 13.9. The minimum atomic E-state index is 0.817. The van der Waals surface area contributed by atoms with E-state index in [1.54, 1.807) is 23.3 Å². The van der Waals surface area contributed by atoms with Gasteiger partial charge in [-0.2, -0.15) is 10.2 Å². The minimum absolute atomic E-state index is 0.817. The molecule has 0 unspecified atom stereocenters. The van der Waals surface area contributed by atoms with Crippen molar-refractivity contribution < 1.29 is 0 Å². The predicted octanol–water partition coefficient (Wildman–Crippen LogP) is 3.96. The van der Waals surface area contributed by atoms with Crippen molar-refractivity contribution in [2.24, 2.45) is 7.05 Å². The number of nitrogens with zero attached hydrogens (tertiary/aromatic N) is 6. The third-order valence-corrected chi connectivity index (χ3v) is 5.23. The molecule has 0 fully saturated rings. The van der Waals surface area contributed by atoms with E-state index in [0.717, 1.165) is 55.7 Å². The van der Waals surface area contributed by atoms with Gasteiger partial charge in [0.1, 0.15) is 11.3 Å². The van der Waals surface area contributed by atoms with E-state index in [1.807, 2.05) is 49.9 Å². The van der Waals surface area contributed by atoms with Crippen LogP contribution in [0.5, 0.6) is 0 Å². The van der Waals surface area contributed by atoms with Crippen LogP contribution in [-0.4, -0.2) is 39.9 Å². The number of aryl methyl sites for hydroxylation is 1. The van der Waals surface area contributed by atoms with Gasteiger partial charge in [-0.1, -0.05) is 0 Å². The molecule has 0 atom stereocenters. The van der Waals surface area contributed by atoms with Gasteiger partial charge in [-0.05, 0) is 41.5 Å². The molecular weight excluding hydrogens is 376 g/mol. The van der Waals surface area contributed by atoms with E-state index in [1.165, 1.54) is 0 Å². The summed E-state index contributed by atoms with van der Waals surface area (Å²) >= 11 is 0. The van der Waals surface area contributed by atoms with Crippen molar-refractivity contribution in [3.05, 3.63) is 67.5 Å². The molecule has 0 spiro atoms. The molecule has 0 aliphatic carbocycles. The first-order chi connectivity index (χ1) is 14.8. The number of aromatic nitrogens is 8. The lowest BCUT2D eigenvalue weighted by atomic mass is 10.0. The van der Waals surface area contributed by atoms with Crippen LogP contribution in [0.25, 0.3) is 55.7 Å². The molecule has 6 rings (SSSR count). The van der Waals surface area contributed by atoms with Crippen LogP contribution < -0.4 is 0 Å².